The minimum atomic E-state index is -0.685. The number of nitrogens with one attached hydrogen (secondary N) is 1. The number of carbonyl (C=O) groups excluding carboxylic acids is 2. The number of benzene rings is 2. The minimum absolute atomic E-state index is 0.0106. The highest BCUT2D eigenvalue weighted by Gasteiger charge is 2.23. The number of allylic oxidation sites excluding steroid dienone is 2. The molecule has 2 heterocycles. The molecule has 1 aliphatic heterocycles. The molecule has 38 heavy (non-hydrogen) atoms. The van der Waals surface area contributed by atoms with Crippen molar-refractivity contribution in [3.63, 3.8) is 0 Å². The normalized spacial score (nSPS) is 17.1. The lowest BCUT2D eigenvalue weighted by atomic mass is 10.0. The summed E-state index contributed by atoms with van der Waals surface area (Å²) in [5, 5.41) is 13.2. The van der Waals surface area contributed by atoms with E-state index < -0.39 is 17.5 Å². The zero-order valence-electron chi connectivity index (χ0n) is 21.8. The monoisotopic (exact) mass is 537 g/mol. The first-order valence-electron chi connectivity index (χ1n) is 12.4. The Morgan fingerprint density at radius 3 is 2.63 bits per heavy atom. The summed E-state index contributed by atoms with van der Waals surface area (Å²) in [4.78, 5) is 37.3. The van der Waals surface area contributed by atoms with Crippen LogP contribution in [0, 0.1) is 6.92 Å². The van der Waals surface area contributed by atoms with Crippen LogP contribution in [0.4, 0.5) is 5.69 Å². The van der Waals surface area contributed by atoms with Gasteiger partial charge in [0, 0.05) is 29.9 Å². The maximum absolute atomic E-state index is 13.0. The van der Waals surface area contributed by atoms with E-state index in [0.717, 1.165) is 17.7 Å². The van der Waals surface area contributed by atoms with Crippen LogP contribution in [0.3, 0.4) is 0 Å². The molecule has 2 aromatic carbocycles. The first-order chi connectivity index (χ1) is 18.1. The number of esters is 1. The fraction of sp³-hybridized carbons (Fsp3) is 0.345. The molecule has 200 valence electrons. The molecule has 9 heteroatoms. The summed E-state index contributed by atoms with van der Waals surface area (Å²) in [6, 6.07) is 9.90. The second-order valence-corrected chi connectivity index (χ2v) is 10.8. The Balaban J connectivity index is 1.57. The van der Waals surface area contributed by atoms with E-state index in [1.165, 1.54) is 13.0 Å². The van der Waals surface area contributed by atoms with Crippen molar-refractivity contribution >= 4 is 40.3 Å². The molecular weight excluding hydrogens is 506 g/mol. The molecule has 2 N–H and O–H groups in total. The predicted molar refractivity (Wildman–Crippen MR) is 148 cm³/mol. The number of fused-ring (bicyclic) bond motifs is 1. The quantitative estimate of drug-likeness (QED) is 0.179. The van der Waals surface area contributed by atoms with E-state index >= 15 is 0 Å². The third kappa shape index (κ3) is 6.65. The van der Waals surface area contributed by atoms with E-state index in [0.29, 0.717) is 52.0 Å². The Morgan fingerprint density at radius 1 is 1.16 bits per heavy atom. The van der Waals surface area contributed by atoms with E-state index in [1.54, 1.807) is 49.0 Å². The van der Waals surface area contributed by atoms with Crippen LogP contribution in [0.25, 0.3) is 11.0 Å². The first-order valence-corrected chi connectivity index (χ1v) is 13.5. The van der Waals surface area contributed by atoms with Crippen molar-refractivity contribution in [1.29, 1.82) is 0 Å². The number of aliphatic hydroxyl groups is 1. The predicted octanol–water partition coefficient (Wildman–Crippen LogP) is 5.38. The van der Waals surface area contributed by atoms with Crippen molar-refractivity contribution in [2.24, 2.45) is 0 Å². The number of aryl methyl sites for hydroxylation is 1. The van der Waals surface area contributed by atoms with Crippen LogP contribution in [0.15, 0.2) is 57.3 Å². The average Bonchev–Trinajstić information content (AvgIpc) is 2.86. The van der Waals surface area contributed by atoms with Crippen LogP contribution >= 0.6 is 11.8 Å². The van der Waals surface area contributed by atoms with Crippen molar-refractivity contribution in [3.8, 4) is 11.5 Å². The largest absolute Gasteiger partial charge is 0.479 e. The Labute approximate surface area is 225 Å². The van der Waals surface area contributed by atoms with Crippen LogP contribution in [0.1, 0.15) is 55.1 Å². The van der Waals surface area contributed by atoms with Gasteiger partial charge in [-0.2, -0.15) is 0 Å². The second-order valence-electron chi connectivity index (χ2n) is 9.51. The van der Waals surface area contributed by atoms with Gasteiger partial charge < -0.3 is 24.3 Å². The van der Waals surface area contributed by atoms with Gasteiger partial charge in [0.15, 0.2) is 0 Å². The molecule has 1 aliphatic rings. The Kier molecular flexibility index (Phi) is 8.58. The lowest BCUT2D eigenvalue weighted by molar-refractivity contribution is -0.131. The first kappa shape index (κ1) is 27.5. The van der Waals surface area contributed by atoms with Crippen molar-refractivity contribution in [1.82, 2.24) is 0 Å². The summed E-state index contributed by atoms with van der Waals surface area (Å²) in [5.74, 6) is 0.842. The topological polar surface area (TPSA) is 115 Å². The zero-order chi connectivity index (χ0) is 27.4. The number of hydrogen-bond acceptors (Lipinski definition) is 8. The molecular formula is C29H31NO7S. The van der Waals surface area contributed by atoms with E-state index in [1.807, 2.05) is 19.9 Å². The SMILES string of the molecule is CC(=O)Oc1ccc(C(=O)Nc2cc3ccc(OC4CC(O)CCS4)c(C)c3oc2=O)cc1CC=C(C)C. The van der Waals surface area contributed by atoms with Crippen LogP contribution in [-0.2, 0) is 11.2 Å². The number of ether oxygens (including phenoxy) is 2. The molecule has 1 fully saturated rings. The number of hydrogen-bond donors (Lipinski definition) is 2. The number of amides is 1. The second kappa shape index (κ2) is 11.9. The highest BCUT2D eigenvalue weighted by molar-refractivity contribution is 7.99. The van der Waals surface area contributed by atoms with Gasteiger partial charge in [0.25, 0.3) is 5.91 Å². The molecule has 8 nitrogen and oxygen atoms in total. The third-order valence-electron chi connectivity index (χ3n) is 6.13. The Morgan fingerprint density at radius 2 is 1.92 bits per heavy atom. The summed E-state index contributed by atoms with van der Waals surface area (Å²) in [6.45, 7) is 7.04. The van der Waals surface area contributed by atoms with Gasteiger partial charge in [-0.25, -0.2) is 4.79 Å². The van der Waals surface area contributed by atoms with Gasteiger partial charge in [-0.3, -0.25) is 9.59 Å². The number of aliphatic hydroxyl groups excluding tert-OH is 1. The van der Waals surface area contributed by atoms with Gasteiger partial charge in [-0.15, -0.1) is 11.8 Å². The lowest BCUT2D eigenvalue weighted by Gasteiger charge is -2.26. The van der Waals surface area contributed by atoms with Crippen molar-refractivity contribution in [3.05, 3.63) is 75.2 Å². The summed E-state index contributed by atoms with van der Waals surface area (Å²) < 4.78 is 16.9. The van der Waals surface area contributed by atoms with Gasteiger partial charge in [0.2, 0.25) is 0 Å². The van der Waals surface area contributed by atoms with Crippen LogP contribution in [0.2, 0.25) is 0 Å². The average molecular weight is 538 g/mol. The number of thioether (sulfide) groups is 1. The van der Waals surface area contributed by atoms with E-state index in [9.17, 15) is 19.5 Å². The molecule has 3 aromatic rings. The molecule has 4 rings (SSSR count). The third-order valence-corrected chi connectivity index (χ3v) is 7.27. The minimum Gasteiger partial charge on any atom is -0.479 e. The van der Waals surface area contributed by atoms with Crippen molar-refractivity contribution < 1.29 is 28.6 Å². The van der Waals surface area contributed by atoms with Crippen LogP contribution in [0.5, 0.6) is 11.5 Å². The van der Waals surface area contributed by atoms with Gasteiger partial charge in [0.1, 0.15) is 28.2 Å². The van der Waals surface area contributed by atoms with Crippen molar-refractivity contribution in [2.45, 2.75) is 58.5 Å². The standard InChI is InChI=1S/C29H31NO7S/c1-16(2)5-6-19-13-21(8-10-25(19)35-18(4)31)28(33)30-23-14-20-7-9-24(17(3)27(20)37-29(23)34)36-26-15-22(32)11-12-38-26/h5,7-10,13-14,22,26,32H,6,11-12,15H2,1-4H3,(H,30,33). The zero-order valence-corrected chi connectivity index (χ0v) is 22.6. The van der Waals surface area contributed by atoms with E-state index in [4.69, 9.17) is 13.9 Å². The van der Waals surface area contributed by atoms with Gasteiger partial charge in [-0.1, -0.05) is 11.6 Å². The Bertz CT molecular complexity index is 1460. The highest BCUT2D eigenvalue weighted by Crippen LogP contribution is 2.33. The number of carbonyl (C=O) groups is 2. The highest BCUT2D eigenvalue weighted by atomic mass is 32.2. The molecule has 0 aliphatic carbocycles. The molecule has 1 aromatic heterocycles. The van der Waals surface area contributed by atoms with Crippen LogP contribution < -0.4 is 20.4 Å². The lowest BCUT2D eigenvalue weighted by Crippen LogP contribution is -2.26. The summed E-state index contributed by atoms with van der Waals surface area (Å²) >= 11 is 1.65. The molecule has 0 saturated carbocycles. The molecule has 2 unspecified atom stereocenters. The molecule has 0 radical (unpaired) electrons. The molecule has 0 spiro atoms. The van der Waals surface area contributed by atoms with Crippen LogP contribution in [-0.4, -0.2) is 34.3 Å². The summed E-state index contributed by atoms with van der Waals surface area (Å²) in [6.07, 6.45) is 3.35. The summed E-state index contributed by atoms with van der Waals surface area (Å²) in [5.41, 5.74) is 2.27. The van der Waals surface area contributed by atoms with Crippen molar-refractivity contribution in [2.75, 3.05) is 11.1 Å². The van der Waals surface area contributed by atoms with E-state index in [-0.39, 0.29) is 17.2 Å². The smallest absolute Gasteiger partial charge is 0.360 e. The fourth-order valence-electron chi connectivity index (χ4n) is 4.13. The van der Waals surface area contributed by atoms with Gasteiger partial charge >= 0.3 is 11.6 Å². The maximum Gasteiger partial charge on any atom is 0.360 e. The molecule has 1 saturated heterocycles. The number of rotatable bonds is 7. The summed E-state index contributed by atoms with van der Waals surface area (Å²) in [7, 11) is 0. The molecule has 1 amide bonds. The maximum atomic E-state index is 13.0. The molecule has 2 atom stereocenters. The van der Waals surface area contributed by atoms with Gasteiger partial charge in [0.05, 0.1) is 6.10 Å². The fourth-order valence-corrected chi connectivity index (χ4v) is 5.33. The van der Waals surface area contributed by atoms with E-state index in [2.05, 4.69) is 5.32 Å². The Hall–Kier alpha value is -3.56. The van der Waals surface area contributed by atoms with Gasteiger partial charge in [-0.05, 0) is 81.3 Å². The molecule has 0 bridgehead atoms. The number of anilines is 1.